The quantitative estimate of drug-likeness (QED) is 0.819. The number of aliphatic carboxylic acids is 1. The van der Waals surface area contributed by atoms with E-state index in [1.54, 1.807) is 0 Å². The predicted molar refractivity (Wildman–Crippen MR) is 85.5 cm³/mol. The molecule has 1 aliphatic heterocycles. The largest absolute Gasteiger partial charge is 0.480 e. The van der Waals surface area contributed by atoms with Crippen molar-refractivity contribution in [2.24, 2.45) is 0 Å². The van der Waals surface area contributed by atoms with Crippen LogP contribution in [0, 0.1) is 0 Å². The monoisotopic (exact) mass is 296 g/mol. The molecule has 4 atom stereocenters. The number of likely N-dealkylation sites (tertiary alicyclic amines) is 1. The Kier molecular flexibility index (Phi) is 5.31. The zero-order valence-corrected chi connectivity index (χ0v) is 14.1. The average molecular weight is 296 g/mol. The number of carboxylic acids is 1. The van der Waals surface area contributed by atoms with Crippen LogP contribution in [0.4, 0.5) is 0 Å². The third kappa shape index (κ3) is 3.42. The lowest BCUT2D eigenvalue weighted by Gasteiger charge is -2.45. The topological polar surface area (TPSA) is 52.6 Å². The number of nitrogens with one attached hydrogen (secondary N) is 1. The molecule has 1 aliphatic carbocycles. The number of carboxylic acid groups (broad SMARTS) is 1. The fourth-order valence-electron chi connectivity index (χ4n) is 4.60. The lowest BCUT2D eigenvalue weighted by atomic mass is 9.77. The molecular formula is C17H32N2O2. The van der Waals surface area contributed by atoms with Crippen molar-refractivity contribution >= 4 is 5.97 Å². The van der Waals surface area contributed by atoms with Gasteiger partial charge in [-0.05, 0) is 65.7 Å². The van der Waals surface area contributed by atoms with Gasteiger partial charge in [0.05, 0.1) is 0 Å². The SMILES string of the molecule is CCC1CCC(C)N1C1CCCC(NC(C)C)(C(=O)O)C1. The van der Waals surface area contributed by atoms with Crippen molar-refractivity contribution in [2.45, 2.75) is 102 Å². The van der Waals surface area contributed by atoms with Crippen LogP contribution < -0.4 is 5.32 Å². The molecule has 4 unspecified atom stereocenters. The molecule has 0 aromatic carbocycles. The lowest BCUT2D eigenvalue weighted by Crippen LogP contribution is -2.61. The first-order chi connectivity index (χ1) is 9.89. The molecule has 0 aromatic rings. The normalized spacial score (nSPS) is 38.0. The Bertz CT molecular complexity index is 372. The maximum Gasteiger partial charge on any atom is 0.323 e. The summed E-state index contributed by atoms with van der Waals surface area (Å²) in [7, 11) is 0. The van der Waals surface area contributed by atoms with Crippen molar-refractivity contribution in [1.29, 1.82) is 0 Å². The van der Waals surface area contributed by atoms with Crippen molar-refractivity contribution in [3.05, 3.63) is 0 Å². The number of carbonyl (C=O) groups is 1. The van der Waals surface area contributed by atoms with E-state index in [1.165, 1.54) is 19.3 Å². The highest BCUT2D eigenvalue weighted by atomic mass is 16.4. The van der Waals surface area contributed by atoms with E-state index in [0.717, 1.165) is 25.7 Å². The molecule has 0 aromatic heterocycles. The standard InChI is InChI=1S/C17H32N2O2/c1-5-14-9-8-13(4)19(14)15-7-6-10-17(11-15,16(20)21)18-12(2)3/h12-15,18H,5-11H2,1-4H3,(H,20,21). The first kappa shape index (κ1) is 16.8. The Morgan fingerprint density at radius 2 is 2.10 bits per heavy atom. The van der Waals surface area contributed by atoms with Crippen molar-refractivity contribution in [2.75, 3.05) is 0 Å². The minimum Gasteiger partial charge on any atom is -0.480 e. The number of hydrogen-bond acceptors (Lipinski definition) is 3. The molecule has 21 heavy (non-hydrogen) atoms. The molecule has 1 heterocycles. The van der Waals surface area contributed by atoms with E-state index in [-0.39, 0.29) is 6.04 Å². The molecule has 122 valence electrons. The minimum absolute atomic E-state index is 0.206. The fraction of sp³-hybridized carbons (Fsp3) is 0.941. The van der Waals surface area contributed by atoms with Crippen LogP contribution >= 0.6 is 0 Å². The molecular weight excluding hydrogens is 264 g/mol. The minimum atomic E-state index is -0.725. The summed E-state index contributed by atoms with van der Waals surface area (Å²) >= 11 is 0. The Balaban J connectivity index is 2.16. The summed E-state index contributed by atoms with van der Waals surface area (Å²) in [5.41, 5.74) is -0.725. The molecule has 0 amide bonds. The summed E-state index contributed by atoms with van der Waals surface area (Å²) < 4.78 is 0. The molecule has 2 aliphatic rings. The van der Waals surface area contributed by atoms with Crippen LogP contribution in [-0.4, -0.2) is 45.7 Å². The Hall–Kier alpha value is -0.610. The highest BCUT2D eigenvalue weighted by Gasteiger charge is 2.47. The van der Waals surface area contributed by atoms with E-state index in [4.69, 9.17) is 0 Å². The van der Waals surface area contributed by atoms with Crippen LogP contribution in [0.15, 0.2) is 0 Å². The molecule has 4 nitrogen and oxygen atoms in total. The second-order valence-corrected chi connectivity index (χ2v) is 7.37. The van der Waals surface area contributed by atoms with Gasteiger partial charge in [0.15, 0.2) is 0 Å². The number of nitrogens with zero attached hydrogens (tertiary/aromatic N) is 1. The molecule has 0 radical (unpaired) electrons. The van der Waals surface area contributed by atoms with Gasteiger partial charge in [0.25, 0.3) is 0 Å². The zero-order chi connectivity index (χ0) is 15.6. The third-order valence-corrected chi connectivity index (χ3v) is 5.44. The summed E-state index contributed by atoms with van der Waals surface area (Å²) in [5.74, 6) is -0.666. The van der Waals surface area contributed by atoms with Crippen LogP contribution in [0.25, 0.3) is 0 Å². The number of rotatable bonds is 5. The van der Waals surface area contributed by atoms with Crippen LogP contribution in [-0.2, 0) is 4.79 Å². The van der Waals surface area contributed by atoms with Gasteiger partial charge in [0.2, 0.25) is 0 Å². The predicted octanol–water partition coefficient (Wildman–Crippen LogP) is 3.01. The summed E-state index contributed by atoms with van der Waals surface area (Å²) in [5, 5.41) is 13.2. The Morgan fingerprint density at radius 3 is 2.67 bits per heavy atom. The zero-order valence-electron chi connectivity index (χ0n) is 14.1. The van der Waals surface area contributed by atoms with E-state index in [1.807, 2.05) is 13.8 Å². The Labute approximate surface area is 129 Å². The second kappa shape index (κ2) is 6.66. The first-order valence-corrected chi connectivity index (χ1v) is 8.68. The van der Waals surface area contributed by atoms with Gasteiger partial charge in [-0.1, -0.05) is 6.92 Å². The van der Waals surface area contributed by atoms with Crippen LogP contribution in [0.2, 0.25) is 0 Å². The molecule has 2 fully saturated rings. The van der Waals surface area contributed by atoms with E-state index >= 15 is 0 Å². The molecule has 2 rings (SSSR count). The lowest BCUT2D eigenvalue weighted by molar-refractivity contribution is -0.148. The van der Waals surface area contributed by atoms with E-state index in [9.17, 15) is 9.90 Å². The van der Waals surface area contributed by atoms with Gasteiger partial charge in [-0.2, -0.15) is 0 Å². The van der Waals surface area contributed by atoms with Gasteiger partial charge in [-0.15, -0.1) is 0 Å². The first-order valence-electron chi connectivity index (χ1n) is 8.68. The molecule has 2 N–H and O–H groups in total. The number of hydrogen-bond donors (Lipinski definition) is 2. The van der Waals surface area contributed by atoms with Crippen LogP contribution in [0.5, 0.6) is 0 Å². The van der Waals surface area contributed by atoms with Gasteiger partial charge < -0.3 is 5.11 Å². The molecule has 0 bridgehead atoms. The van der Waals surface area contributed by atoms with Crippen LogP contribution in [0.3, 0.4) is 0 Å². The van der Waals surface area contributed by atoms with Crippen molar-refractivity contribution in [1.82, 2.24) is 10.2 Å². The van der Waals surface area contributed by atoms with E-state index in [2.05, 4.69) is 24.1 Å². The van der Waals surface area contributed by atoms with Crippen molar-refractivity contribution in [3.63, 3.8) is 0 Å². The summed E-state index contributed by atoms with van der Waals surface area (Å²) in [6, 6.07) is 1.87. The molecule has 4 heteroatoms. The highest BCUT2D eigenvalue weighted by Crippen LogP contribution is 2.38. The molecule has 1 saturated heterocycles. The van der Waals surface area contributed by atoms with Crippen LogP contribution in [0.1, 0.15) is 72.6 Å². The summed E-state index contributed by atoms with van der Waals surface area (Å²) in [6.07, 6.45) is 7.38. The fourth-order valence-corrected chi connectivity index (χ4v) is 4.60. The van der Waals surface area contributed by atoms with Crippen molar-refractivity contribution < 1.29 is 9.90 Å². The Morgan fingerprint density at radius 1 is 1.38 bits per heavy atom. The molecule has 0 spiro atoms. The van der Waals surface area contributed by atoms with Gasteiger partial charge in [-0.3, -0.25) is 15.0 Å². The average Bonchev–Trinajstić information content (AvgIpc) is 2.79. The van der Waals surface area contributed by atoms with Crippen molar-refractivity contribution in [3.8, 4) is 0 Å². The maximum atomic E-state index is 11.9. The van der Waals surface area contributed by atoms with Gasteiger partial charge in [0, 0.05) is 24.2 Å². The van der Waals surface area contributed by atoms with E-state index in [0.29, 0.717) is 18.1 Å². The summed E-state index contributed by atoms with van der Waals surface area (Å²) in [6.45, 7) is 8.65. The molecule has 1 saturated carbocycles. The highest BCUT2D eigenvalue weighted by molar-refractivity contribution is 5.79. The van der Waals surface area contributed by atoms with Gasteiger partial charge >= 0.3 is 5.97 Å². The van der Waals surface area contributed by atoms with Gasteiger partial charge in [-0.25, -0.2) is 0 Å². The van der Waals surface area contributed by atoms with E-state index < -0.39 is 11.5 Å². The summed E-state index contributed by atoms with van der Waals surface area (Å²) in [4.78, 5) is 14.6. The smallest absolute Gasteiger partial charge is 0.323 e. The second-order valence-electron chi connectivity index (χ2n) is 7.37. The third-order valence-electron chi connectivity index (χ3n) is 5.44. The maximum absolute atomic E-state index is 11.9. The van der Waals surface area contributed by atoms with Gasteiger partial charge in [0.1, 0.15) is 5.54 Å².